The lowest BCUT2D eigenvalue weighted by molar-refractivity contribution is -0.123. The van der Waals surface area contributed by atoms with Gasteiger partial charge < -0.3 is 5.32 Å². The highest BCUT2D eigenvalue weighted by Crippen LogP contribution is 2.18. The Morgan fingerprint density at radius 2 is 1.75 bits per heavy atom. The van der Waals surface area contributed by atoms with Gasteiger partial charge in [-0.3, -0.25) is 10.1 Å². The molecule has 1 unspecified atom stereocenters. The molecule has 1 aromatic rings. The summed E-state index contributed by atoms with van der Waals surface area (Å²) in [5, 5.41) is 6.52. The lowest BCUT2D eigenvalue weighted by Gasteiger charge is -2.22. The lowest BCUT2D eigenvalue weighted by Crippen LogP contribution is -2.46. The number of carbonyl (C=O) groups is 1. The number of hydrogen-bond acceptors (Lipinski definition) is 2. The fraction of sp³-hybridized carbons (Fsp3) is 0.588. The van der Waals surface area contributed by atoms with Crippen molar-refractivity contribution in [2.45, 2.75) is 64.6 Å². The molecular weight excluding hydrogens is 248 g/mol. The van der Waals surface area contributed by atoms with Crippen molar-refractivity contribution in [3.8, 4) is 0 Å². The molecular formula is C17H26N2O. The van der Waals surface area contributed by atoms with E-state index in [0.29, 0.717) is 6.04 Å². The monoisotopic (exact) mass is 274 g/mol. The van der Waals surface area contributed by atoms with Gasteiger partial charge in [-0.25, -0.2) is 0 Å². The second kappa shape index (κ2) is 6.89. The number of hydrogen-bond donors (Lipinski definition) is 2. The molecule has 1 aromatic carbocycles. The van der Waals surface area contributed by atoms with Gasteiger partial charge in [-0.05, 0) is 39.2 Å². The van der Waals surface area contributed by atoms with Crippen molar-refractivity contribution in [1.82, 2.24) is 10.6 Å². The molecule has 2 N–H and O–H groups in total. The van der Waals surface area contributed by atoms with E-state index in [1.165, 1.54) is 24.0 Å². The molecule has 1 saturated carbocycles. The number of aryl methyl sites for hydroxylation is 1. The number of nitrogens with one attached hydrogen (secondary N) is 2. The van der Waals surface area contributed by atoms with Gasteiger partial charge in [0.25, 0.3) is 0 Å². The molecule has 3 nitrogen and oxygen atoms in total. The summed E-state index contributed by atoms with van der Waals surface area (Å²) < 4.78 is 0. The van der Waals surface area contributed by atoms with Crippen molar-refractivity contribution in [3.63, 3.8) is 0 Å². The fourth-order valence-corrected chi connectivity index (χ4v) is 2.80. The first-order valence-electron chi connectivity index (χ1n) is 7.69. The summed E-state index contributed by atoms with van der Waals surface area (Å²) in [7, 11) is 0. The molecule has 0 aromatic heterocycles. The predicted molar refractivity (Wildman–Crippen MR) is 82.6 cm³/mol. The van der Waals surface area contributed by atoms with Crippen LogP contribution in [0, 0.1) is 6.92 Å². The number of carbonyl (C=O) groups excluding carboxylic acids is 1. The van der Waals surface area contributed by atoms with Crippen molar-refractivity contribution in [2.24, 2.45) is 0 Å². The van der Waals surface area contributed by atoms with E-state index in [1.54, 1.807) is 0 Å². The van der Waals surface area contributed by atoms with E-state index >= 15 is 0 Å². The summed E-state index contributed by atoms with van der Waals surface area (Å²) in [5.74, 6) is 0.121. The SMILES string of the molecule is Cc1ccc([C@@H](C)NC(C)C(=O)NC2CCCC2)cc1. The Morgan fingerprint density at radius 1 is 1.15 bits per heavy atom. The smallest absolute Gasteiger partial charge is 0.237 e. The maximum atomic E-state index is 12.1. The van der Waals surface area contributed by atoms with E-state index in [0.717, 1.165) is 12.8 Å². The second-order valence-electron chi connectivity index (χ2n) is 6.01. The third-order valence-corrected chi connectivity index (χ3v) is 4.17. The van der Waals surface area contributed by atoms with Gasteiger partial charge in [0.15, 0.2) is 0 Å². The molecule has 0 aliphatic heterocycles. The van der Waals surface area contributed by atoms with Crippen LogP contribution in [0.2, 0.25) is 0 Å². The minimum Gasteiger partial charge on any atom is -0.352 e. The van der Waals surface area contributed by atoms with Crippen LogP contribution < -0.4 is 10.6 Å². The average molecular weight is 274 g/mol. The van der Waals surface area contributed by atoms with Gasteiger partial charge >= 0.3 is 0 Å². The average Bonchev–Trinajstić information content (AvgIpc) is 2.92. The van der Waals surface area contributed by atoms with Crippen molar-refractivity contribution in [1.29, 1.82) is 0 Å². The van der Waals surface area contributed by atoms with Crippen LogP contribution in [0.15, 0.2) is 24.3 Å². The first-order valence-corrected chi connectivity index (χ1v) is 7.69. The van der Waals surface area contributed by atoms with Gasteiger partial charge in [-0.15, -0.1) is 0 Å². The van der Waals surface area contributed by atoms with Crippen LogP contribution in [0.5, 0.6) is 0 Å². The minimum absolute atomic E-state index is 0.121. The highest BCUT2D eigenvalue weighted by molar-refractivity contribution is 5.81. The van der Waals surface area contributed by atoms with Crippen LogP contribution in [0.25, 0.3) is 0 Å². The van der Waals surface area contributed by atoms with Gasteiger partial charge in [-0.1, -0.05) is 42.7 Å². The van der Waals surface area contributed by atoms with E-state index in [2.05, 4.69) is 48.7 Å². The van der Waals surface area contributed by atoms with Crippen molar-refractivity contribution in [3.05, 3.63) is 35.4 Å². The zero-order valence-electron chi connectivity index (χ0n) is 12.8. The Hall–Kier alpha value is -1.35. The summed E-state index contributed by atoms with van der Waals surface area (Å²) >= 11 is 0. The molecule has 0 bridgehead atoms. The maximum absolute atomic E-state index is 12.1. The Bertz CT molecular complexity index is 435. The normalized spacial score (nSPS) is 18.8. The maximum Gasteiger partial charge on any atom is 0.237 e. The van der Waals surface area contributed by atoms with E-state index < -0.39 is 0 Å². The van der Waals surface area contributed by atoms with Crippen LogP contribution in [-0.2, 0) is 4.79 Å². The number of benzene rings is 1. The zero-order chi connectivity index (χ0) is 14.5. The third-order valence-electron chi connectivity index (χ3n) is 4.17. The van der Waals surface area contributed by atoms with Crippen molar-refractivity contribution in [2.75, 3.05) is 0 Å². The molecule has 0 saturated heterocycles. The zero-order valence-corrected chi connectivity index (χ0v) is 12.8. The molecule has 0 radical (unpaired) electrons. The molecule has 3 heteroatoms. The summed E-state index contributed by atoms with van der Waals surface area (Å²) in [5.41, 5.74) is 2.48. The quantitative estimate of drug-likeness (QED) is 0.866. The van der Waals surface area contributed by atoms with Gasteiger partial charge in [-0.2, -0.15) is 0 Å². The van der Waals surface area contributed by atoms with Crippen LogP contribution in [-0.4, -0.2) is 18.0 Å². The highest BCUT2D eigenvalue weighted by atomic mass is 16.2. The van der Waals surface area contributed by atoms with Gasteiger partial charge in [0.05, 0.1) is 6.04 Å². The molecule has 1 aliphatic carbocycles. The Labute approximate surface area is 122 Å². The van der Waals surface area contributed by atoms with Gasteiger partial charge in [0, 0.05) is 12.1 Å². The summed E-state index contributed by atoms with van der Waals surface area (Å²) in [6.45, 7) is 6.12. The summed E-state index contributed by atoms with van der Waals surface area (Å²) in [6, 6.07) is 8.87. The van der Waals surface area contributed by atoms with E-state index in [9.17, 15) is 4.79 Å². The van der Waals surface area contributed by atoms with Crippen molar-refractivity contribution >= 4 is 5.91 Å². The van der Waals surface area contributed by atoms with E-state index in [-0.39, 0.29) is 18.0 Å². The standard InChI is InChI=1S/C17H26N2O/c1-12-8-10-15(11-9-12)13(2)18-14(3)17(20)19-16-6-4-5-7-16/h8-11,13-14,16,18H,4-7H2,1-3H3,(H,19,20)/t13-,14?/m1/s1. The highest BCUT2D eigenvalue weighted by Gasteiger charge is 2.21. The van der Waals surface area contributed by atoms with Crippen LogP contribution in [0.1, 0.15) is 56.7 Å². The van der Waals surface area contributed by atoms with E-state index in [4.69, 9.17) is 0 Å². The first kappa shape index (κ1) is 15.0. The summed E-state index contributed by atoms with van der Waals surface area (Å²) in [6.07, 6.45) is 4.75. The fourth-order valence-electron chi connectivity index (χ4n) is 2.80. The van der Waals surface area contributed by atoms with Gasteiger partial charge in [0.1, 0.15) is 0 Å². The molecule has 2 atom stereocenters. The Kier molecular flexibility index (Phi) is 5.18. The van der Waals surface area contributed by atoms with E-state index in [1.807, 2.05) is 6.92 Å². The van der Waals surface area contributed by atoms with Crippen molar-refractivity contribution < 1.29 is 4.79 Å². The summed E-state index contributed by atoms with van der Waals surface area (Å²) in [4.78, 5) is 12.1. The first-order chi connectivity index (χ1) is 9.56. The molecule has 1 amide bonds. The number of amides is 1. The predicted octanol–water partition coefficient (Wildman–Crippen LogP) is 3.09. The molecule has 0 heterocycles. The lowest BCUT2D eigenvalue weighted by atomic mass is 10.1. The molecule has 110 valence electrons. The van der Waals surface area contributed by atoms with Crippen LogP contribution in [0.4, 0.5) is 0 Å². The minimum atomic E-state index is -0.160. The topological polar surface area (TPSA) is 41.1 Å². The van der Waals surface area contributed by atoms with Crippen LogP contribution in [0.3, 0.4) is 0 Å². The largest absolute Gasteiger partial charge is 0.352 e. The van der Waals surface area contributed by atoms with Crippen LogP contribution >= 0.6 is 0 Å². The molecule has 20 heavy (non-hydrogen) atoms. The third kappa shape index (κ3) is 4.07. The van der Waals surface area contributed by atoms with Gasteiger partial charge in [0.2, 0.25) is 5.91 Å². The number of rotatable bonds is 5. The Morgan fingerprint density at radius 3 is 2.35 bits per heavy atom. The molecule has 2 rings (SSSR count). The molecule has 0 spiro atoms. The molecule has 1 fully saturated rings. The Balaban J connectivity index is 1.84. The second-order valence-corrected chi connectivity index (χ2v) is 6.01. The molecule has 1 aliphatic rings.